The molecule has 15 heteroatoms. The van der Waals surface area contributed by atoms with Crippen LogP contribution in [0.4, 0.5) is 0 Å². The maximum atomic E-state index is 13.8. The smallest absolute Gasteiger partial charge is 0.245 e. The first kappa shape index (κ1) is 29.9. The van der Waals surface area contributed by atoms with Crippen molar-refractivity contribution in [2.45, 2.75) is 28.4 Å². The van der Waals surface area contributed by atoms with E-state index >= 15 is 0 Å². The monoisotopic (exact) mass is 600 g/mol. The second kappa shape index (κ2) is 11.4. The van der Waals surface area contributed by atoms with Gasteiger partial charge in [-0.1, -0.05) is 0 Å². The van der Waals surface area contributed by atoms with E-state index in [1.807, 2.05) is 0 Å². The first-order valence-corrected chi connectivity index (χ1v) is 15.1. The number of rotatable bonds is 10. The highest BCUT2D eigenvalue weighted by Gasteiger charge is 2.52. The van der Waals surface area contributed by atoms with Gasteiger partial charge >= 0.3 is 0 Å². The van der Waals surface area contributed by atoms with E-state index < -0.39 is 25.8 Å². The van der Waals surface area contributed by atoms with Crippen molar-refractivity contribution in [3.63, 3.8) is 0 Å². The summed E-state index contributed by atoms with van der Waals surface area (Å²) in [5.41, 5.74) is -1.22. The Morgan fingerprint density at radius 2 is 1.23 bits per heavy atom. The van der Waals surface area contributed by atoms with Crippen LogP contribution in [0.25, 0.3) is 0 Å². The number of hydrogen-bond acceptors (Lipinski definition) is 11. The number of ether oxygens (including phenoxy) is 6. The molecule has 0 amide bonds. The molecule has 2 aliphatic rings. The first-order valence-electron chi connectivity index (χ1n) is 12.2. The number of hydrogen-bond donors (Lipinski definition) is 0. The molecule has 0 bridgehead atoms. The van der Waals surface area contributed by atoms with Gasteiger partial charge in [0.15, 0.2) is 29.3 Å². The molecular weight excluding hydrogens is 568 g/mol. The lowest BCUT2D eigenvalue weighted by Gasteiger charge is -2.42. The van der Waals surface area contributed by atoms with E-state index in [1.54, 1.807) is 0 Å². The van der Waals surface area contributed by atoms with Crippen LogP contribution < -0.4 is 23.7 Å². The van der Waals surface area contributed by atoms with Crippen LogP contribution >= 0.6 is 0 Å². The third-order valence-electron chi connectivity index (χ3n) is 7.10. The molecule has 0 atom stereocenters. The molecule has 40 heavy (non-hydrogen) atoms. The number of piperidine rings is 1. The fourth-order valence-electron chi connectivity index (χ4n) is 5.09. The summed E-state index contributed by atoms with van der Waals surface area (Å²) in [7, 11) is -1.28. The van der Waals surface area contributed by atoms with Crippen LogP contribution in [-0.2, 0) is 24.8 Å². The summed E-state index contributed by atoms with van der Waals surface area (Å²) in [4.78, 5) is 11.4. The number of carbonyl (C=O) groups is 1. The number of methoxy groups -OCH3 is 5. The van der Waals surface area contributed by atoms with Crippen molar-refractivity contribution in [3.05, 3.63) is 29.8 Å². The summed E-state index contributed by atoms with van der Waals surface area (Å²) in [5, 5.41) is 0. The van der Waals surface area contributed by atoms with Crippen LogP contribution in [0.2, 0.25) is 0 Å². The third-order valence-corrected chi connectivity index (χ3v) is 10.9. The van der Waals surface area contributed by atoms with Gasteiger partial charge in [-0.25, -0.2) is 16.8 Å². The van der Waals surface area contributed by atoms with Gasteiger partial charge in [0.2, 0.25) is 25.8 Å². The lowest BCUT2D eigenvalue weighted by Crippen LogP contribution is -2.55. The van der Waals surface area contributed by atoms with Gasteiger partial charge in [0.05, 0.1) is 57.5 Å². The maximum Gasteiger partial charge on any atom is 0.245 e. The number of benzene rings is 2. The average Bonchev–Trinajstić information content (AvgIpc) is 3.38. The van der Waals surface area contributed by atoms with Gasteiger partial charge in [0.25, 0.3) is 0 Å². The van der Waals surface area contributed by atoms with Crippen molar-refractivity contribution in [2.24, 2.45) is 0 Å². The predicted molar refractivity (Wildman–Crippen MR) is 142 cm³/mol. The van der Waals surface area contributed by atoms with E-state index in [2.05, 4.69) is 0 Å². The lowest BCUT2D eigenvalue weighted by atomic mass is 10.0. The third kappa shape index (κ3) is 4.96. The minimum Gasteiger partial charge on any atom is -0.493 e. The van der Waals surface area contributed by atoms with Gasteiger partial charge in [-0.15, -0.1) is 0 Å². The average molecular weight is 601 g/mol. The molecule has 0 saturated carbocycles. The number of carbonyl (C=O) groups excluding carboxylic acids is 1. The first-order chi connectivity index (χ1) is 19.0. The molecule has 0 N–H and O–H groups in total. The van der Waals surface area contributed by atoms with Crippen molar-refractivity contribution in [3.8, 4) is 28.7 Å². The van der Waals surface area contributed by atoms with Gasteiger partial charge in [-0.2, -0.15) is 8.61 Å². The second-order valence-corrected chi connectivity index (χ2v) is 12.8. The van der Waals surface area contributed by atoms with Gasteiger partial charge in [-0.3, -0.25) is 4.79 Å². The second-order valence-electron chi connectivity index (χ2n) is 9.00. The SMILES string of the molecule is COc1cc(S(=O)(=O)N2CCC3(CC2)OCCN3S(=O)(=O)c2cc(OC)c(OC)c(OC)c2)cc(C=O)c1OC. The standard InChI is InChI=1S/C25H32N2O11S2/c1-33-20-13-18(12-17(16-28)23(20)36-4)39(29,30)26-8-6-25(7-9-26)27(10-11-38-25)40(31,32)19-14-21(34-2)24(37-5)22(15-19)35-3/h12-16H,6-11H2,1-5H3. The number of nitrogens with zero attached hydrogens (tertiary/aromatic N) is 2. The fraction of sp³-hybridized carbons (Fsp3) is 0.480. The van der Waals surface area contributed by atoms with Gasteiger partial charge in [0, 0.05) is 50.7 Å². The molecular formula is C25H32N2O11S2. The topological polar surface area (TPSA) is 147 Å². The Labute approximate surface area is 233 Å². The van der Waals surface area contributed by atoms with Crippen LogP contribution in [0.1, 0.15) is 23.2 Å². The molecule has 2 heterocycles. The van der Waals surface area contributed by atoms with E-state index in [9.17, 15) is 21.6 Å². The Hall–Kier alpha value is -3.11. The largest absolute Gasteiger partial charge is 0.493 e. The Bertz CT molecular complexity index is 1460. The molecule has 2 saturated heterocycles. The zero-order valence-electron chi connectivity index (χ0n) is 22.8. The molecule has 0 aromatic heterocycles. The summed E-state index contributed by atoms with van der Waals surface area (Å²) in [5.74, 6) is 0.838. The Morgan fingerprint density at radius 1 is 0.725 bits per heavy atom. The van der Waals surface area contributed by atoms with Crippen LogP contribution in [-0.4, -0.2) is 99.2 Å². The molecule has 2 aromatic carbocycles. The summed E-state index contributed by atoms with van der Waals surface area (Å²) < 4.78 is 89.6. The molecule has 1 spiro atoms. The molecule has 0 unspecified atom stereocenters. The van der Waals surface area contributed by atoms with E-state index in [1.165, 1.54) is 68.4 Å². The summed E-state index contributed by atoms with van der Waals surface area (Å²) in [6.45, 7) is 0.196. The molecule has 0 aliphatic carbocycles. The normalized spacial score (nSPS) is 17.9. The van der Waals surface area contributed by atoms with Crippen molar-refractivity contribution in [1.82, 2.24) is 8.61 Å². The van der Waals surface area contributed by atoms with E-state index in [0.29, 0.717) is 6.29 Å². The highest BCUT2D eigenvalue weighted by atomic mass is 32.2. The number of sulfonamides is 2. The summed E-state index contributed by atoms with van der Waals surface area (Å²) in [6, 6.07) is 5.22. The minimum absolute atomic E-state index is 0.0195. The molecule has 13 nitrogen and oxygen atoms in total. The van der Waals surface area contributed by atoms with Crippen molar-refractivity contribution in [1.29, 1.82) is 0 Å². The molecule has 2 aromatic rings. The predicted octanol–water partition coefficient (Wildman–Crippen LogP) is 1.74. The number of aldehydes is 1. The summed E-state index contributed by atoms with van der Waals surface area (Å²) in [6.07, 6.45) is 0.664. The van der Waals surface area contributed by atoms with E-state index in [0.717, 1.165) is 0 Å². The van der Waals surface area contributed by atoms with Gasteiger partial charge in [-0.05, 0) is 6.07 Å². The molecule has 0 radical (unpaired) electrons. The lowest BCUT2D eigenvalue weighted by molar-refractivity contribution is -0.0806. The highest BCUT2D eigenvalue weighted by molar-refractivity contribution is 7.89. The minimum atomic E-state index is -4.11. The molecule has 2 aliphatic heterocycles. The van der Waals surface area contributed by atoms with E-state index in [4.69, 9.17) is 28.4 Å². The highest BCUT2D eigenvalue weighted by Crippen LogP contribution is 2.44. The molecule has 4 rings (SSSR count). The van der Waals surface area contributed by atoms with Crippen molar-refractivity contribution < 1.29 is 50.1 Å². The van der Waals surface area contributed by atoms with Crippen LogP contribution in [0.5, 0.6) is 28.7 Å². The van der Waals surface area contributed by atoms with Gasteiger partial charge < -0.3 is 28.4 Å². The van der Waals surface area contributed by atoms with Crippen LogP contribution in [0.15, 0.2) is 34.1 Å². The van der Waals surface area contributed by atoms with Gasteiger partial charge in [0.1, 0.15) is 5.72 Å². The Morgan fingerprint density at radius 3 is 1.70 bits per heavy atom. The Balaban J connectivity index is 1.63. The summed E-state index contributed by atoms with van der Waals surface area (Å²) >= 11 is 0. The zero-order valence-corrected chi connectivity index (χ0v) is 24.5. The van der Waals surface area contributed by atoms with Crippen LogP contribution in [0.3, 0.4) is 0 Å². The fourth-order valence-corrected chi connectivity index (χ4v) is 8.34. The zero-order chi connectivity index (χ0) is 29.3. The molecule has 2 fully saturated rings. The van der Waals surface area contributed by atoms with Crippen molar-refractivity contribution >= 4 is 26.3 Å². The maximum absolute atomic E-state index is 13.8. The molecule has 220 valence electrons. The Kier molecular flexibility index (Phi) is 8.52. The van der Waals surface area contributed by atoms with Crippen molar-refractivity contribution in [2.75, 3.05) is 61.8 Å². The quantitative estimate of drug-likeness (QED) is 0.367. The van der Waals surface area contributed by atoms with E-state index in [-0.39, 0.29) is 83.2 Å². The van der Waals surface area contributed by atoms with Crippen LogP contribution in [0, 0.1) is 0 Å².